The first-order chi connectivity index (χ1) is 8.24. The van der Waals surface area contributed by atoms with Crippen molar-refractivity contribution in [1.29, 1.82) is 0 Å². The van der Waals surface area contributed by atoms with Crippen molar-refractivity contribution in [2.24, 2.45) is 0 Å². The first-order valence-electron chi connectivity index (χ1n) is 6.06. The highest BCUT2D eigenvalue weighted by Gasteiger charge is 2.06. The van der Waals surface area contributed by atoms with E-state index in [0.29, 0.717) is 0 Å². The summed E-state index contributed by atoms with van der Waals surface area (Å²) in [6.07, 6.45) is 6.56. The Morgan fingerprint density at radius 2 is 1.82 bits per heavy atom. The first-order valence-corrected chi connectivity index (χ1v) is 6.06. The molecular formula is C14H18N2O. The molecule has 2 rings (SSSR count). The van der Waals surface area contributed by atoms with E-state index in [1.165, 1.54) is 24.0 Å². The summed E-state index contributed by atoms with van der Waals surface area (Å²) < 4.78 is 0. The highest BCUT2D eigenvalue weighted by Crippen LogP contribution is 2.22. The molecule has 1 aliphatic rings. The highest BCUT2D eigenvalue weighted by molar-refractivity contribution is 5.89. The van der Waals surface area contributed by atoms with E-state index in [1.807, 2.05) is 37.4 Å². The maximum absolute atomic E-state index is 11.6. The van der Waals surface area contributed by atoms with E-state index < -0.39 is 0 Å². The van der Waals surface area contributed by atoms with Crippen LogP contribution in [0.1, 0.15) is 31.2 Å². The number of rotatable bonds is 2. The van der Waals surface area contributed by atoms with Gasteiger partial charge in [0, 0.05) is 11.9 Å². The minimum atomic E-state index is -0.173. The Morgan fingerprint density at radius 3 is 2.47 bits per heavy atom. The molecule has 0 spiro atoms. The molecule has 0 unspecified atom stereocenters. The van der Waals surface area contributed by atoms with Crippen molar-refractivity contribution in [2.45, 2.75) is 32.6 Å². The topological polar surface area (TPSA) is 41.1 Å². The van der Waals surface area contributed by atoms with Crippen molar-refractivity contribution in [2.75, 3.05) is 5.32 Å². The largest absolute Gasteiger partial charge is 0.323 e. The molecule has 0 aliphatic heterocycles. The van der Waals surface area contributed by atoms with E-state index in [9.17, 15) is 4.79 Å². The van der Waals surface area contributed by atoms with Crippen LogP contribution >= 0.6 is 0 Å². The summed E-state index contributed by atoms with van der Waals surface area (Å²) in [6, 6.07) is 7.58. The minimum Gasteiger partial charge on any atom is -0.314 e. The molecule has 1 aromatic carbocycles. The lowest BCUT2D eigenvalue weighted by Gasteiger charge is -2.05. The molecule has 1 fully saturated rings. The van der Waals surface area contributed by atoms with E-state index in [4.69, 9.17) is 0 Å². The van der Waals surface area contributed by atoms with Gasteiger partial charge in [-0.15, -0.1) is 0 Å². The lowest BCUT2D eigenvalue weighted by atomic mass is 10.2. The average molecular weight is 230 g/mol. The predicted octanol–water partition coefficient (Wildman–Crippen LogP) is 3.57. The molecule has 0 heterocycles. The third kappa shape index (κ3) is 3.63. The van der Waals surface area contributed by atoms with Gasteiger partial charge in [0.1, 0.15) is 0 Å². The Bertz CT molecular complexity index is 412. The van der Waals surface area contributed by atoms with E-state index in [-0.39, 0.29) is 6.03 Å². The molecular weight excluding hydrogens is 212 g/mol. The van der Waals surface area contributed by atoms with Crippen LogP contribution in [0.25, 0.3) is 0 Å². The van der Waals surface area contributed by atoms with Crippen LogP contribution in [-0.2, 0) is 0 Å². The number of amides is 2. The van der Waals surface area contributed by atoms with Gasteiger partial charge < -0.3 is 10.6 Å². The van der Waals surface area contributed by atoms with Crippen molar-refractivity contribution in [3.05, 3.63) is 41.6 Å². The van der Waals surface area contributed by atoms with E-state index in [2.05, 4.69) is 10.6 Å². The zero-order chi connectivity index (χ0) is 12.1. The monoisotopic (exact) mass is 230 g/mol. The van der Waals surface area contributed by atoms with Crippen molar-refractivity contribution in [3.63, 3.8) is 0 Å². The number of carbonyl (C=O) groups excluding carboxylic acids is 1. The molecule has 1 aliphatic carbocycles. The number of carbonyl (C=O) groups is 1. The Labute approximate surface area is 102 Å². The highest BCUT2D eigenvalue weighted by atomic mass is 16.2. The van der Waals surface area contributed by atoms with Gasteiger partial charge >= 0.3 is 6.03 Å². The summed E-state index contributed by atoms with van der Waals surface area (Å²) in [5, 5.41) is 5.57. The quantitative estimate of drug-likeness (QED) is 0.801. The molecule has 90 valence electrons. The van der Waals surface area contributed by atoms with Crippen LogP contribution in [-0.4, -0.2) is 6.03 Å². The Kier molecular flexibility index (Phi) is 3.81. The van der Waals surface area contributed by atoms with E-state index in [1.54, 1.807) is 0 Å². The minimum absolute atomic E-state index is 0.173. The number of allylic oxidation sites excluding steroid dienone is 1. The molecule has 1 aromatic rings. The number of hydrogen-bond acceptors (Lipinski definition) is 1. The van der Waals surface area contributed by atoms with Crippen molar-refractivity contribution < 1.29 is 4.79 Å². The van der Waals surface area contributed by atoms with Crippen LogP contribution in [0.4, 0.5) is 10.5 Å². The fourth-order valence-corrected chi connectivity index (χ4v) is 1.95. The smallest absolute Gasteiger partial charge is 0.314 e. The molecule has 0 aromatic heterocycles. The summed E-state index contributed by atoms with van der Waals surface area (Å²) in [4.78, 5) is 11.6. The van der Waals surface area contributed by atoms with Gasteiger partial charge in [-0.05, 0) is 44.7 Å². The van der Waals surface area contributed by atoms with E-state index in [0.717, 1.165) is 18.5 Å². The van der Waals surface area contributed by atoms with Gasteiger partial charge in [0.05, 0.1) is 0 Å². The van der Waals surface area contributed by atoms with Gasteiger partial charge in [-0.25, -0.2) is 4.79 Å². The zero-order valence-electron chi connectivity index (χ0n) is 10.1. The Balaban J connectivity index is 1.84. The van der Waals surface area contributed by atoms with Crippen molar-refractivity contribution in [1.82, 2.24) is 5.32 Å². The normalized spacial score (nSPS) is 14.5. The SMILES string of the molecule is Cc1ccc(NC(=O)NC=C2CCCC2)cc1. The first kappa shape index (κ1) is 11.7. The van der Waals surface area contributed by atoms with E-state index >= 15 is 0 Å². The molecule has 0 radical (unpaired) electrons. The van der Waals surface area contributed by atoms with Crippen LogP contribution in [0, 0.1) is 6.92 Å². The van der Waals surface area contributed by atoms with Gasteiger partial charge in [-0.1, -0.05) is 23.3 Å². The van der Waals surface area contributed by atoms with Gasteiger partial charge in [-0.2, -0.15) is 0 Å². The second-order valence-electron chi connectivity index (χ2n) is 4.47. The average Bonchev–Trinajstić information content (AvgIpc) is 2.83. The molecule has 17 heavy (non-hydrogen) atoms. The lowest BCUT2D eigenvalue weighted by Crippen LogP contribution is -2.24. The van der Waals surface area contributed by atoms with Crippen LogP contribution in [0.2, 0.25) is 0 Å². The zero-order valence-corrected chi connectivity index (χ0v) is 10.1. The fraction of sp³-hybridized carbons (Fsp3) is 0.357. The molecule has 2 amide bonds. The molecule has 3 heteroatoms. The predicted molar refractivity (Wildman–Crippen MR) is 69.9 cm³/mol. The van der Waals surface area contributed by atoms with Gasteiger partial charge in [0.2, 0.25) is 0 Å². The molecule has 0 atom stereocenters. The molecule has 3 nitrogen and oxygen atoms in total. The standard InChI is InChI=1S/C14H18N2O/c1-11-6-8-13(9-7-11)16-14(17)15-10-12-4-2-3-5-12/h6-10H,2-5H2,1H3,(H2,15,16,17). The molecule has 0 bridgehead atoms. The van der Waals surface area contributed by atoms with Gasteiger partial charge in [0.15, 0.2) is 0 Å². The van der Waals surface area contributed by atoms with Crippen LogP contribution < -0.4 is 10.6 Å². The lowest BCUT2D eigenvalue weighted by molar-refractivity contribution is 0.255. The van der Waals surface area contributed by atoms with Gasteiger partial charge in [0.25, 0.3) is 0 Å². The summed E-state index contributed by atoms with van der Waals surface area (Å²) in [5.41, 5.74) is 3.34. The summed E-state index contributed by atoms with van der Waals surface area (Å²) >= 11 is 0. The number of hydrogen-bond donors (Lipinski definition) is 2. The van der Waals surface area contributed by atoms with Crippen LogP contribution in [0.15, 0.2) is 36.0 Å². The number of aryl methyl sites for hydroxylation is 1. The number of urea groups is 1. The second kappa shape index (κ2) is 5.53. The summed E-state index contributed by atoms with van der Waals surface area (Å²) in [5.74, 6) is 0. The third-order valence-electron chi connectivity index (χ3n) is 2.96. The molecule has 1 saturated carbocycles. The Hall–Kier alpha value is -1.77. The fourth-order valence-electron chi connectivity index (χ4n) is 1.95. The van der Waals surface area contributed by atoms with Crippen LogP contribution in [0.3, 0.4) is 0 Å². The van der Waals surface area contributed by atoms with Crippen molar-refractivity contribution in [3.8, 4) is 0 Å². The number of nitrogens with one attached hydrogen (secondary N) is 2. The summed E-state index contributed by atoms with van der Waals surface area (Å²) in [6.45, 7) is 2.02. The number of benzene rings is 1. The second-order valence-corrected chi connectivity index (χ2v) is 4.47. The number of anilines is 1. The van der Waals surface area contributed by atoms with Gasteiger partial charge in [-0.3, -0.25) is 0 Å². The molecule has 0 saturated heterocycles. The molecule has 2 N–H and O–H groups in total. The summed E-state index contributed by atoms with van der Waals surface area (Å²) in [7, 11) is 0. The van der Waals surface area contributed by atoms with Crippen LogP contribution in [0.5, 0.6) is 0 Å². The Morgan fingerprint density at radius 1 is 1.18 bits per heavy atom. The maximum atomic E-state index is 11.6. The third-order valence-corrected chi connectivity index (χ3v) is 2.96. The van der Waals surface area contributed by atoms with Crippen molar-refractivity contribution >= 4 is 11.7 Å². The maximum Gasteiger partial charge on any atom is 0.323 e.